The number of nitrogens with zero attached hydrogens (tertiary/aromatic N) is 1. The molecule has 0 fully saturated rings. The third-order valence-electron chi connectivity index (χ3n) is 3.87. The number of rotatable bonds is 4. The fourth-order valence-corrected chi connectivity index (χ4v) is 2.96. The standard InChI is InChI=1S/C18H25ClN2O3/c1-18(2,3)24-17(23)21-14(10-11-20-16(22)12-19)9-8-13-6-4-5-7-15(13)21/h4-7,14H,8-12H2,1-3H3,(H,20,22). The van der Waals surface area contributed by atoms with Crippen molar-refractivity contribution in [3.63, 3.8) is 0 Å². The van der Waals surface area contributed by atoms with E-state index in [1.807, 2.05) is 45.0 Å². The lowest BCUT2D eigenvalue weighted by atomic mass is 9.94. The molecule has 1 aliphatic rings. The number of anilines is 1. The molecule has 0 aromatic heterocycles. The van der Waals surface area contributed by atoms with Crippen LogP contribution in [0, 0.1) is 0 Å². The molecule has 1 aliphatic heterocycles. The molecule has 24 heavy (non-hydrogen) atoms. The normalized spacial score (nSPS) is 17.2. The van der Waals surface area contributed by atoms with Gasteiger partial charge in [-0.2, -0.15) is 0 Å². The van der Waals surface area contributed by atoms with E-state index in [2.05, 4.69) is 5.32 Å². The van der Waals surface area contributed by atoms with Crippen molar-refractivity contribution in [1.82, 2.24) is 5.32 Å². The van der Waals surface area contributed by atoms with E-state index in [0.717, 1.165) is 24.1 Å². The van der Waals surface area contributed by atoms with Crippen molar-refractivity contribution >= 4 is 29.3 Å². The van der Waals surface area contributed by atoms with Crippen LogP contribution in [0.2, 0.25) is 0 Å². The lowest BCUT2D eigenvalue weighted by Gasteiger charge is -2.38. The van der Waals surface area contributed by atoms with E-state index in [9.17, 15) is 9.59 Å². The first-order valence-corrected chi connectivity index (χ1v) is 8.78. The van der Waals surface area contributed by atoms with Crippen molar-refractivity contribution in [2.75, 3.05) is 17.3 Å². The number of nitrogens with one attached hydrogen (secondary N) is 1. The molecular formula is C18H25ClN2O3. The number of hydrogen-bond donors (Lipinski definition) is 1. The van der Waals surface area contributed by atoms with E-state index in [4.69, 9.17) is 16.3 Å². The molecule has 1 unspecified atom stereocenters. The Morgan fingerprint density at radius 2 is 2.04 bits per heavy atom. The average molecular weight is 353 g/mol. The SMILES string of the molecule is CC(C)(C)OC(=O)N1c2ccccc2CCC1CCNC(=O)CCl. The van der Waals surface area contributed by atoms with Crippen LogP contribution in [0.1, 0.15) is 39.2 Å². The maximum absolute atomic E-state index is 12.7. The molecule has 0 radical (unpaired) electrons. The first-order chi connectivity index (χ1) is 11.3. The summed E-state index contributed by atoms with van der Waals surface area (Å²) >= 11 is 5.50. The van der Waals surface area contributed by atoms with Crippen LogP contribution < -0.4 is 10.2 Å². The summed E-state index contributed by atoms with van der Waals surface area (Å²) in [5.74, 6) is -0.250. The molecule has 0 saturated heterocycles. The second-order valence-corrected chi connectivity index (χ2v) is 7.21. The topological polar surface area (TPSA) is 58.6 Å². The van der Waals surface area contributed by atoms with Crippen molar-refractivity contribution in [1.29, 1.82) is 0 Å². The third-order valence-corrected chi connectivity index (χ3v) is 4.12. The van der Waals surface area contributed by atoms with Gasteiger partial charge in [-0.05, 0) is 51.7 Å². The summed E-state index contributed by atoms with van der Waals surface area (Å²) in [5, 5.41) is 2.76. The van der Waals surface area contributed by atoms with Gasteiger partial charge in [0.25, 0.3) is 0 Å². The van der Waals surface area contributed by atoms with Crippen molar-refractivity contribution in [3.8, 4) is 0 Å². The Morgan fingerprint density at radius 3 is 2.71 bits per heavy atom. The van der Waals surface area contributed by atoms with Gasteiger partial charge in [0.15, 0.2) is 0 Å². The number of ether oxygens (including phenoxy) is 1. The van der Waals surface area contributed by atoms with E-state index in [0.29, 0.717) is 13.0 Å². The van der Waals surface area contributed by atoms with Crippen LogP contribution in [0.15, 0.2) is 24.3 Å². The van der Waals surface area contributed by atoms with E-state index < -0.39 is 5.60 Å². The van der Waals surface area contributed by atoms with Gasteiger partial charge in [0.2, 0.25) is 5.91 Å². The van der Waals surface area contributed by atoms with Gasteiger partial charge in [0, 0.05) is 12.6 Å². The van der Waals surface area contributed by atoms with Crippen molar-refractivity contribution in [3.05, 3.63) is 29.8 Å². The lowest BCUT2D eigenvalue weighted by Crippen LogP contribution is -2.47. The van der Waals surface area contributed by atoms with Crippen LogP contribution in [-0.2, 0) is 16.0 Å². The van der Waals surface area contributed by atoms with Crippen molar-refractivity contribution in [2.45, 2.75) is 51.7 Å². The number of amides is 2. The van der Waals surface area contributed by atoms with Crippen LogP contribution in [0.5, 0.6) is 0 Å². The highest BCUT2D eigenvalue weighted by Crippen LogP contribution is 2.33. The minimum absolute atomic E-state index is 0.00891. The Balaban J connectivity index is 2.16. The average Bonchev–Trinajstić information content (AvgIpc) is 2.52. The van der Waals surface area contributed by atoms with Crippen molar-refractivity contribution in [2.24, 2.45) is 0 Å². The molecule has 1 N–H and O–H groups in total. The summed E-state index contributed by atoms with van der Waals surface area (Å²) in [5.41, 5.74) is 1.48. The molecule has 2 amide bonds. The predicted molar refractivity (Wildman–Crippen MR) is 95.6 cm³/mol. The molecule has 6 heteroatoms. The predicted octanol–water partition coefficient (Wildman–Crippen LogP) is 3.49. The lowest BCUT2D eigenvalue weighted by molar-refractivity contribution is -0.118. The minimum atomic E-state index is -0.555. The molecule has 5 nitrogen and oxygen atoms in total. The van der Waals surface area contributed by atoms with Crippen LogP contribution in [-0.4, -0.2) is 36.1 Å². The maximum atomic E-state index is 12.7. The monoisotopic (exact) mass is 352 g/mol. The van der Waals surface area contributed by atoms with Gasteiger partial charge in [-0.25, -0.2) is 4.79 Å². The van der Waals surface area contributed by atoms with Crippen molar-refractivity contribution < 1.29 is 14.3 Å². The Hall–Kier alpha value is -1.75. The molecule has 0 saturated carbocycles. The highest BCUT2D eigenvalue weighted by molar-refractivity contribution is 6.27. The molecule has 0 aliphatic carbocycles. The summed E-state index contributed by atoms with van der Waals surface area (Å²) in [6.07, 6.45) is 2.07. The second kappa shape index (κ2) is 7.88. The van der Waals surface area contributed by atoms with Crippen LogP contribution in [0.3, 0.4) is 0 Å². The quantitative estimate of drug-likeness (QED) is 0.844. The first-order valence-electron chi connectivity index (χ1n) is 8.24. The largest absolute Gasteiger partial charge is 0.443 e. The molecule has 1 aromatic rings. The van der Waals surface area contributed by atoms with E-state index in [-0.39, 0.29) is 23.9 Å². The molecule has 132 valence electrons. The molecule has 1 atom stereocenters. The van der Waals surface area contributed by atoms with Gasteiger partial charge < -0.3 is 10.1 Å². The molecule has 1 heterocycles. The van der Waals surface area contributed by atoms with E-state index in [1.54, 1.807) is 4.90 Å². The number of fused-ring (bicyclic) bond motifs is 1. The molecule has 1 aromatic carbocycles. The Kier molecular flexibility index (Phi) is 6.10. The molecule has 2 rings (SSSR count). The van der Waals surface area contributed by atoms with Crippen LogP contribution >= 0.6 is 11.6 Å². The minimum Gasteiger partial charge on any atom is -0.443 e. The number of benzene rings is 1. The molecule has 0 spiro atoms. The number of para-hydroxylation sites is 1. The fraction of sp³-hybridized carbons (Fsp3) is 0.556. The maximum Gasteiger partial charge on any atom is 0.415 e. The number of carbonyl (C=O) groups excluding carboxylic acids is 2. The highest BCUT2D eigenvalue weighted by atomic mass is 35.5. The zero-order valence-electron chi connectivity index (χ0n) is 14.5. The number of halogens is 1. The van der Waals surface area contributed by atoms with Gasteiger partial charge >= 0.3 is 6.09 Å². The van der Waals surface area contributed by atoms with Gasteiger partial charge in [0.1, 0.15) is 11.5 Å². The van der Waals surface area contributed by atoms with E-state index in [1.165, 1.54) is 0 Å². The third kappa shape index (κ3) is 4.87. The van der Waals surface area contributed by atoms with Crippen LogP contribution in [0.4, 0.5) is 10.5 Å². The van der Waals surface area contributed by atoms with Crippen LogP contribution in [0.25, 0.3) is 0 Å². The number of alkyl halides is 1. The fourth-order valence-electron chi connectivity index (χ4n) is 2.86. The number of aryl methyl sites for hydroxylation is 1. The smallest absolute Gasteiger partial charge is 0.415 e. The summed E-state index contributed by atoms with van der Waals surface area (Å²) in [4.78, 5) is 25.8. The Morgan fingerprint density at radius 1 is 1.33 bits per heavy atom. The van der Waals surface area contributed by atoms with E-state index >= 15 is 0 Å². The Bertz CT molecular complexity index is 598. The summed E-state index contributed by atoms with van der Waals surface area (Å²) in [6.45, 7) is 6.06. The zero-order chi connectivity index (χ0) is 17.7. The van der Waals surface area contributed by atoms with Gasteiger partial charge in [0.05, 0.1) is 5.69 Å². The zero-order valence-corrected chi connectivity index (χ0v) is 15.2. The van der Waals surface area contributed by atoms with Gasteiger partial charge in [-0.3, -0.25) is 9.69 Å². The second-order valence-electron chi connectivity index (χ2n) is 6.94. The summed E-state index contributed by atoms with van der Waals surface area (Å²) < 4.78 is 5.59. The Labute approximate surface area is 148 Å². The first kappa shape index (κ1) is 18.6. The summed E-state index contributed by atoms with van der Waals surface area (Å²) in [6, 6.07) is 7.88. The molecule has 0 bridgehead atoms. The summed E-state index contributed by atoms with van der Waals surface area (Å²) in [7, 11) is 0. The van der Waals surface area contributed by atoms with Gasteiger partial charge in [-0.1, -0.05) is 18.2 Å². The highest BCUT2D eigenvalue weighted by Gasteiger charge is 2.33. The molecular weight excluding hydrogens is 328 g/mol. The van der Waals surface area contributed by atoms with Gasteiger partial charge in [-0.15, -0.1) is 11.6 Å². The number of carbonyl (C=O) groups is 2. The number of hydrogen-bond acceptors (Lipinski definition) is 3.